The summed E-state index contributed by atoms with van der Waals surface area (Å²) in [4.78, 5) is 15.8. The summed E-state index contributed by atoms with van der Waals surface area (Å²) in [5.41, 5.74) is 0. The Labute approximate surface area is 116 Å². The molecule has 4 rings (SSSR count). The molecule has 0 aliphatic heterocycles. The van der Waals surface area contributed by atoms with Crippen molar-refractivity contribution in [1.29, 1.82) is 0 Å². The summed E-state index contributed by atoms with van der Waals surface area (Å²) in [6, 6.07) is 0.0579. The van der Waals surface area contributed by atoms with Crippen LogP contribution in [0.3, 0.4) is 0 Å². The van der Waals surface area contributed by atoms with Gasteiger partial charge >= 0.3 is 5.97 Å². The van der Waals surface area contributed by atoms with Gasteiger partial charge in [-0.3, -0.25) is 4.79 Å². The molecule has 0 radical (unpaired) electrons. The van der Waals surface area contributed by atoms with Crippen LogP contribution in [0.5, 0.6) is 0 Å². The standard InChI is InChI=1S/C14H19N3O3/c18-14(19)11-8-3-4-9(5-8)12(11)15-6-10-16-13(17-20-10)7-1-2-7/h7-9,11-12,15H,1-6H2,(H,18,19). The van der Waals surface area contributed by atoms with E-state index in [1.165, 1.54) is 0 Å². The van der Waals surface area contributed by atoms with Crippen molar-refractivity contribution in [2.24, 2.45) is 17.8 Å². The van der Waals surface area contributed by atoms with Crippen LogP contribution in [0.4, 0.5) is 0 Å². The zero-order chi connectivity index (χ0) is 13.7. The lowest BCUT2D eigenvalue weighted by Gasteiger charge is -2.28. The second-order valence-corrected chi connectivity index (χ2v) is 6.42. The van der Waals surface area contributed by atoms with Gasteiger partial charge in [0.15, 0.2) is 5.82 Å². The second kappa shape index (κ2) is 4.55. The first-order valence-electron chi connectivity index (χ1n) is 7.51. The summed E-state index contributed by atoms with van der Waals surface area (Å²) in [5.74, 6) is 1.80. The Morgan fingerprint density at radius 1 is 1.30 bits per heavy atom. The first-order valence-corrected chi connectivity index (χ1v) is 7.51. The quantitative estimate of drug-likeness (QED) is 0.848. The van der Waals surface area contributed by atoms with Gasteiger partial charge in [-0.25, -0.2) is 0 Å². The molecule has 0 amide bonds. The summed E-state index contributed by atoms with van der Waals surface area (Å²) in [6.07, 6.45) is 5.56. The third-order valence-corrected chi connectivity index (χ3v) is 5.12. The molecular weight excluding hydrogens is 258 g/mol. The number of carboxylic acids is 1. The van der Waals surface area contributed by atoms with E-state index in [1.54, 1.807) is 0 Å². The van der Waals surface area contributed by atoms with Gasteiger partial charge in [0.1, 0.15) is 0 Å². The monoisotopic (exact) mass is 277 g/mol. The molecule has 2 N–H and O–H groups in total. The molecule has 4 unspecified atom stereocenters. The maximum absolute atomic E-state index is 11.4. The van der Waals surface area contributed by atoms with Gasteiger partial charge < -0.3 is 14.9 Å². The molecule has 108 valence electrons. The number of rotatable bonds is 5. The summed E-state index contributed by atoms with van der Waals surface area (Å²) < 4.78 is 5.23. The van der Waals surface area contributed by atoms with Crippen LogP contribution in [0.15, 0.2) is 4.52 Å². The lowest BCUT2D eigenvalue weighted by atomic mass is 9.84. The number of fused-ring (bicyclic) bond motifs is 2. The van der Waals surface area contributed by atoms with Crippen LogP contribution in [0, 0.1) is 17.8 Å². The Bertz CT molecular complexity index is 525. The number of nitrogens with one attached hydrogen (secondary N) is 1. The Morgan fingerprint density at radius 2 is 2.10 bits per heavy atom. The molecule has 1 aromatic rings. The highest BCUT2D eigenvalue weighted by atomic mass is 16.5. The summed E-state index contributed by atoms with van der Waals surface area (Å²) in [5, 5.41) is 16.7. The number of aliphatic carboxylic acids is 1. The molecule has 2 bridgehead atoms. The third-order valence-electron chi connectivity index (χ3n) is 5.12. The van der Waals surface area contributed by atoms with Gasteiger partial charge in [0.05, 0.1) is 12.5 Å². The molecule has 3 saturated carbocycles. The number of nitrogens with zero attached hydrogens (tertiary/aromatic N) is 2. The van der Waals surface area contributed by atoms with Crippen LogP contribution >= 0.6 is 0 Å². The van der Waals surface area contributed by atoms with E-state index in [9.17, 15) is 9.90 Å². The van der Waals surface area contributed by atoms with Crippen LogP contribution in [0.25, 0.3) is 0 Å². The van der Waals surface area contributed by atoms with E-state index in [-0.39, 0.29) is 12.0 Å². The zero-order valence-electron chi connectivity index (χ0n) is 11.3. The number of carboxylic acid groups (broad SMARTS) is 1. The van der Waals surface area contributed by atoms with Crippen LogP contribution < -0.4 is 5.32 Å². The van der Waals surface area contributed by atoms with Gasteiger partial charge in [-0.05, 0) is 43.9 Å². The first-order chi connectivity index (χ1) is 9.72. The number of aromatic nitrogens is 2. The van der Waals surface area contributed by atoms with E-state index in [4.69, 9.17) is 4.52 Å². The predicted molar refractivity (Wildman–Crippen MR) is 68.9 cm³/mol. The molecule has 6 heteroatoms. The van der Waals surface area contributed by atoms with Gasteiger partial charge in [0.2, 0.25) is 5.89 Å². The van der Waals surface area contributed by atoms with Crippen LogP contribution in [0.1, 0.15) is 49.7 Å². The van der Waals surface area contributed by atoms with E-state index in [0.29, 0.717) is 30.2 Å². The second-order valence-electron chi connectivity index (χ2n) is 6.42. The van der Waals surface area contributed by atoms with E-state index in [1.807, 2.05) is 0 Å². The molecule has 3 aliphatic carbocycles. The van der Waals surface area contributed by atoms with Gasteiger partial charge in [0, 0.05) is 12.0 Å². The Hall–Kier alpha value is -1.43. The summed E-state index contributed by atoms with van der Waals surface area (Å²) >= 11 is 0. The highest BCUT2D eigenvalue weighted by Crippen LogP contribution is 2.48. The molecule has 3 aliphatic rings. The lowest BCUT2D eigenvalue weighted by Crippen LogP contribution is -2.43. The molecule has 3 fully saturated rings. The number of carbonyl (C=O) groups is 1. The van der Waals surface area contributed by atoms with Crippen molar-refractivity contribution < 1.29 is 14.4 Å². The van der Waals surface area contributed by atoms with Crippen molar-refractivity contribution in [3.8, 4) is 0 Å². The van der Waals surface area contributed by atoms with Gasteiger partial charge in [-0.1, -0.05) is 5.16 Å². The Morgan fingerprint density at radius 3 is 2.85 bits per heavy atom. The SMILES string of the molecule is O=C(O)C1C2CCC(C2)C1NCc1nc(C2CC2)no1. The maximum Gasteiger partial charge on any atom is 0.308 e. The summed E-state index contributed by atoms with van der Waals surface area (Å²) in [7, 11) is 0. The Balaban J connectivity index is 1.41. The molecule has 0 saturated heterocycles. The number of hydrogen-bond acceptors (Lipinski definition) is 5. The highest BCUT2D eigenvalue weighted by molar-refractivity contribution is 5.72. The zero-order valence-corrected chi connectivity index (χ0v) is 11.3. The molecule has 0 aromatic carbocycles. The van der Waals surface area contributed by atoms with Gasteiger partial charge in [-0.2, -0.15) is 4.98 Å². The maximum atomic E-state index is 11.4. The fourth-order valence-electron chi connectivity index (χ4n) is 3.99. The molecule has 1 heterocycles. The molecule has 1 aromatic heterocycles. The fraction of sp³-hybridized carbons (Fsp3) is 0.786. The van der Waals surface area contributed by atoms with Crippen LogP contribution in [0.2, 0.25) is 0 Å². The van der Waals surface area contributed by atoms with Gasteiger partial charge in [-0.15, -0.1) is 0 Å². The lowest BCUT2D eigenvalue weighted by molar-refractivity contribution is -0.144. The van der Waals surface area contributed by atoms with Crippen LogP contribution in [-0.2, 0) is 11.3 Å². The third kappa shape index (κ3) is 2.02. The molecule has 20 heavy (non-hydrogen) atoms. The van der Waals surface area contributed by atoms with E-state index < -0.39 is 5.97 Å². The predicted octanol–water partition coefficient (Wildman–Crippen LogP) is 1.54. The fourth-order valence-corrected chi connectivity index (χ4v) is 3.99. The average molecular weight is 277 g/mol. The van der Waals surface area contributed by atoms with Crippen molar-refractivity contribution in [3.05, 3.63) is 11.7 Å². The molecule has 6 nitrogen and oxygen atoms in total. The van der Waals surface area contributed by atoms with Crippen molar-refractivity contribution >= 4 is 5.97 Å². The highest BCUT2D eigenvalue weighted by Gasteiger charge is 2.50. The molecule has 4 atom stereocenters. The Kier molecular flexibility index (Phi) is 2.80. The minimum atomic E-state index is -0.668. The molecule has 0 spiro atoms. The van der Waals surface area contributed by atoms with Gasteiger partial charge in [0.25, 0.3) is 0 Å². The van der Waals surface area contributed by atoms with E-state index in [2.05, 4.69) is 15.5 Å². The smallest absolute Gasteiger partial charge is 0.308 e. The molecular formula is C14H19N3O3. The van der Waals surface area contributed by atoms with Crippen molar-refractivity contribution in [2.45, 2.75) is 50.6 Å². The van der Waals surface area contributed by atoms with Crippen molar-refractivity contribution in [1.82, 2.24) is 15.5 Å². The van der Waals surface area contributed by atoms with Crippen molar-refractivity contribution in [2.75, 3.05) is 0 Å². The van der Waals surface area contributed by atoms with E-state index in [0.717, 1.165) is 37.9 Å². The largest absolute Gasteiger partial charge is 0.481 e. The minimum absolute atomic E-state index is 0.0579. The normalized spacial score (nSPS) is 35.6. The van der Waals surface area contributed by atoms with Crippen LogP contribution in [-0.4, -0.2) is 27.3 Å². The first kappa shape index (κ1) is 12.3. The minimum Gasteiger partial charge on any atom is -0.481 e. The van der Waals surface area contributed by atoms with E-state index >= 15 is 0 Å². The summed E-state index contributed by atoms with van der Waals surface area (Å²) in [6.45, 7) is 0.484. The van der Waals surface area contributed by atoms with Crippen molar-refractivity contribution in [3.63, 3.8) is 0 Å². The topological polar surface area (TPSA) is 88.2 Å². The number of hydrogen-bond donors (Lipinski definition) is 2. The average Bonchev–Trinajstić information content (AvgIpc) is 2.89.